The molecule has 0 saturated carbocycles. The summed E-state index contributed by atoms with van der Waals surface area (Å²) in [6.07, 6.45) is 3.16. The largest absolute Gasteiger partial charge is 0.328 e. The Morgan fingerprint density at radius 2 is 2.44 bits per heavy atom. The van der Waals surface area contributed by atoms with Crippen molar-refractivity contribution in [3.05, 3.63) is 17.5 Å². The van der Waals surface area contributed by atoms with Crippen molar-refractivity contribution in [2.75, 3.05) is 13.1 Å². The van der Waals surface area contributed by atoms with Gasteiger partial charge in [0.15, 0.2) is 0 Å². The first-order chi connectivity index (χ1) is 7.16. The molecule has 1 aromatic rings. The molecule has 92 valence electrons. The van der Waals surface area contributed by atoms with Crippen LogP contribution in [-0.2, 0) is 6.54 Å². The minimum atomic E-state index is 0. The first-order valence-electron chi connectivity index (χ1n) is 5.63. The summed E-state index contributed by atoms with van der Waals surface area (Å²) < 4.78 is 0. The highest BCUT2D eigenvalue weighted by molar-refractivity contribution is 5.85. The van der Waals surface area contributed by atoms with Gasteiger partial charge in [-0.25, -0.2) is 0 Å². The number of likely N-dealkylation sites (tertiary alicyclic amines) is 1. The van der Waals surface area contributed by atoms with Gasteiger partial charge in [-0.15, -0.1) is 12.4 Å². The lowest BCUT2D eigenvalue weighted by Gasteiger charge is -2.17. The maximum Gasteiger partial charge on any atom is 0.0535 e. The topological polar surface area (TPSA) is 57.9 Å². The monoisotopic (exact) mass is 244 g/mol. The summed E-state index contributed by atoms with van der Waals surface area (Å²) in [5.41, 5.74) is 8.40. The quantitative estimate of drug-likeness (QED) is 0.843. The number of aromatic nitrogens is 2. The highest BCUT2D eigenvalue weighted by Gasteiger charge is 2.25. The van der Waals surface area contributed by atoms with Crippen LogP contribution in [0.3, 0.4) is 0 Å². The first-order valence-corrected chi connectivity index (χ1v) is 5.63. The van der Waals surface area contributed by atoms with Crippen molar-refractivity contribution in [1.29, 1.82) is 0 Å². The molecule has 1 aliphatic heterocycles. The molecule has 2 rings (SSSR count). The van der Waals surface area contributed by atoms with Crippen molar-refractivity contribution in [2.45, 2.75) is 32.9 Å². The maximum absolute atomic E-state index is 5.92. The number of aryl methyl sites for hydroxylation is 1. The van der Waals surface area contributed by atoms with Gasteiger partial charge in [-0.3, -0.25) is 10.00 Å². The Hall–Kier alpha value is -0.580. The molecule has 1 aromatic heterocycles. The number of hydrogen-bond acceptors (Lipinski definition) is 3. The summed E-state index contributed by atoms with van der Waals surface area (Å²) >= 11 is 0. The number of nitrogens with two attached hydrogens (primary N) is 1. The summed E-state index contributed by atoms with van der Waals surface area (Å²) in [5.74, 6) is 0.664. The highest BCUT2D eigenvalue weighted by atomic mass is 35.5. The van der Waals surface area contributed by atoms with Crippen LogP contribution < -0.4 is 5.73 Å². The summed E-state index contributed by atoms with van der Waals surface area (Å²) in [5, 5.41) is 7.02. The van der Waals surface area contributed by atoms with E-state index in [0.29, 0.717) is 12.0 Å². The Bertz CT molecular complexity index is 324. The van der Waals surface area contributed by atoms with Crippen LogP contribution in [0.15, 0.2) is 6.20 Å². The summed E-state index contributed by atoms with van der Waals surface area (Å²) in [7, 11) is 0. The predicted octanol–water partition coefficient (Wildman–Crippen LogP) is 1.31. The lowest BCUT2D eigenvalue weighted by molar-refractivity contribution is 0.308. The zero-order valence-corrected chi connectivity index (χ0v) is 10.8. The Morgan fingerprint density at radius 3 is 2.94 bits per heavy atom. The number of rotatable bonds is 3. The fourth-order valence-electron chi connectivity index (χ4n) is 2.21. The van der Waals surface area contributed by atoms with E-state index in [2.05, 4.69) is 28.9 Å². The normalized spacial score (nSPS) is 23.1. The van der Waals surface area contributed by atoms with E-state index in [4.69, 9.17) is 5.73 Å². The molecule has 16 heavy (non-hydrogen) atoms. The van der Waals surface area contributed by atoms with Crippen molar-refractivity contribution < 1.29 is 0 Å². The lowest BCUT2D eigenvalue weighted by atomic mass is 10.0. The third-order valence-corrected chi connectivity index (χ3v) is 3.38. The minimum absolute atomic E-state index is 0. The van der Waals surface area contributed by atoms with Gasteiger partial charge < -0.3 is 5.73 Å². The standard InChI is InChI=1S/C11H20N4.ClH/c1-8(12)10-3-4-15(6-10)7-11-5-13-14-9(11)2;/h5,8,10H,3-4,6-7,12H2,1-2H3,(H,13,14);1H. The second-order valence-corrected chi connectivity index (χ2v) is 4.66. The van der Waals surface area contributed by atoms with Gasteiger partial charge in [-0.05, 0) is 32.7 Å². The molecule has 2 unspecified atom stereocenters. The average molecular weight is 245 g/mol. The lowest BCUT2D eigenvalue weighted by Crippen LogP contribution is -2.29. The number of hydrogen-bond donors (Lipinski definition) is 2. The summed E-state index contributed by atoms with van der Waals surface area (Å²) in [6, 6.07) is 0.320. The van der Waals surface area contributed by atoms with Crippen LogP contribution in [0.2, 0.25) is 0 Å². The SMILES string of the molecule is Cc1[nH]ncc1CN1CCC(C(C)N)C1.Cl. The second-order valence-electron chi connectivity index (χ2n) is 4.66. The Morgan fingerprint density at radius 1 is 1.69 bits per heavy atom. The molecule has 0 bridgehead atoms. The Labute approximate surface area is 103 Å². The molecule has 0 spiro atoms. The van der Waals surface area contributed by atoms with Gasteiger partial charge in [0.25, 0.3) is 0 Å². The first kappa shape index (κ1) is 13.5. The van der Waals surface area contributed by atoms with Gasteiger partial charge in [0.05, 0.1) is 6.20 Å². The van der Waals surface area contributed by atoms with Crippen molar-refractivity contribution in [3.63, 3.8) is 0 Å². The fourth-order valence-corrected chi connectivity index (χ4v) is 2.21. The molecule has 4 nitrogen and oxygen atoms in total. The van der Waals surface area contributed by atoms with Crippen LogP contribution in [0.4, 0.5) is 0 Å². The van der Waals surface area contributed by atoms with Crippen LogP contribution in [0, 0.1) is 12.8 Å². The van der Waals surface area contributed by atoms with Crippen molar-refractivity contribution in [1.82, 2.24) is 15.1 Å². The van der Waals surface area contributed by atoms with E-state index in [-0.39, 0.29) is 12.4 Å². The average Bonchev–Trinajstić information content (AvgIpc) is 2.77. The van der Waals surface area contributed by atoms with Crippen molar-refractivity contribution >= 4 is 12.4 Å². The molecule has 1 fully saturated rings. The molecule has 2 atom stereocenters. The third-order valence-electron chi connectivity index (χ3n) is 3.38. The fraction of sp³-hybridized carbons (Fsp3) is 0.727. The van der Waals surface area contributed by atoms with E-state index in [1.165, 1.54) is 17.7 Å². The number of nitrogens with one attached hydrogen (secondary N) is 1. The summed E-state index contributed by atoms with van der Waals surface area (Å²) in [6.45, 7) is 7.48. The predicted molar refractivity (Wildman–Crippen MR) is 67.6 cm³/mol. The molecule has 0 aliphatic carbocycles. The van der Waals surface area contributed by atoms with Crippen molar-refractivity contribution in [3.8, 4) is 0 Å². The molecular formula is C11H21ClN4. The molecule has 1 aliphatic rings. The Balaban J connectivity index is 0.00000128. The van der Waals surface area contributed by atoms with Gasteiger partial charge >= 0.3 is 0 Å². The number of aromatic amines is 1. The zero-order valence-electron chi connectivity index (χ0n) is 9.94. The van der Waals surface area contributed by atoms with E-state index < -0.39 is 0 Å². The molecule has 0 radical (unpaired) electrons. The van der Waals surface area contributed by atoms with Crippen LogP contribution in [0.1, 0.15) is 24.6 Å². The van der Waals surface area contributed by atoms with Gasteiger partial charge in [-0.1, -0.05) is 0 Å². The van der Waals surface area contributed by atoms with Crippen LogP contribution in [-0.4, -0.2) is 34.2 Å². The van der Waals surface area contributed by atoms with Gasteiger partial charge in [0, 0.05) is 30.4 Å². The van der Waals surface area contributed by atoms with Gasteiger partial charge in [-0.2, -0.15) is 5.10 Å². The Kier molecular flexibility index (Phi) is 4.77. The zero-order chi connectivity index (χ0) is 10.8. The highest BCUT2D eigenvalue weighted by Crippen LogP contribution is 2.20. The van der Waals surface area contributed by atoms with E-state index in [1.807, 2.05) is 6.20 Å². The van der Waals surface area contributed by atoms with Crippen molar-refractivity contribution in [2.24, 2.45) is 11.7 Å². The van der Waals surface area contributed by atoms with E-state index >= 15 is 0 Å². The molecule has 5 heteroatoms. The van der Waals surface area contributed by atoms with Crippen LogP contribution in [0.25, 0.3) is 0 Å². The smallest absolute Gasteiger partial charge is 0.0535 e. The van der Waals surface area contributed by atoms with E-state index in [9.17, 15) is 0 Å². The van der Waals surface area contributed by atoms with Gasteiger partial charge in [0.2, 0.25) is 0 Å². The van der Waals surface area contributed by atoms with E-state index in [0.717, 1.165) is 19.6 Å². The minimum Gasteiger partial charge on any atom is -0.328 e. The summed E-state index contributed by atoms with van der Waals surface area (Å²) in [4.78, 5) is 2.46. The molecule has 2 heterocycles. The second kappa shape index (κ2) is 5.66. The van der Waals surface area contributed by atoms with Gasteiger partial charge in [0.1, 0.15) is 0 Å². The molecule has 3 N–H and O–H groups in total. The molecule has 0 amide bonds. The van der Waals surface area contributed by atoms with Crippen LogP contribution in [0.5, 0.6) is 0 Å². The maximum atomic E-state index is 5.92. The van der Waals surface area contributed by atoms with E-state index in [1.54, 1.807) is 0 Å². The number of H-pyrrole nitrogens is 1. The third kappa shape index (κ3) is 2.97. The molecule has 0 aromatic carbocycles. The molecular weight excluding hydrogens is 224 g/mol. The van der Waals surface area contributed by atoms with Crippen LogP contribution >= 0.6 is 12.4 Å². The number of nitrogens with zero attached hydrogens (tertiary/aromatic N) is 2. The number of halogens is 1. The molecule has 1 saturated heterocycles.